The van der Waals surface area contributed by atoms with E-state index < -0.39 is 12.0 Å². The molecule has 0 aliphatic carbocycles. The van der Waals surface area contributed by atoms with Crippen LogP contribution in [0.1, 0.15) is 5.56 Å². The van der Waals surface area contributed by atoms with Crippen molar-refractivity contribution in [1.29, 1.82) is 0 Å². The zero-order valence-corrected chi connectivity index (χ0v) is 14.1. The topological polar surface area (TPSA) is 88.6 Å². The van der Waals surface area contributed by atoms with Gasteiger partial charge in [0.15, 0.2) is 11.5 Å². The maximum atomic E-state index is 13.1. The van der Waals surface area contributed by atoms with Gasteiger partial charge < -0.3 is 9.47 Å². The number of nitrogens with zero attached hydrogens (tertiary/aromatic N) is 2. The average molecular weight is 366 g/mol. The van der Waals surface area contributed by atoms with Crippen molar-refractivity contribution in [3.63, 3.8) is 0 Å². The highest BCUT2D eigenvalue weighted by molar-refractivity contribution is 5.90. The van der Waals surface area contributed by atoms with E-state index >= 15 is 0 Å². The molecule has 2 heterocycles. The van der Waals surface area contributed by atoms with Crippen LogP contribution in [0.5, 0.6) is 11.5 Å². The molecule has 1 atom stereocenters. The zero-order valence-electron chi connectivity index (χ0n) is 14.1. The second kappa shape index (κ2) is 7.28. The summed E-state index contributed by atoms with van der Waals surface area (Å²) in [7, 11) is 0. The number of para-hydroxylation sites is 2. The first-order chi connectivity index (χ1) is 13.2. The lowest BCUT2D eigenvalue weighted by Crippen LogP contribution is -2.42. The molecular weight excluding hydrogens is 351 g/mol. The van der Waals surface area contributed by atoms with Gasteiger partial charge >= 0.3 is 0 Å². The van der Waals surface area contributed by atoms with Gasteiger partial charge in [-0.2, -0.15) is 10.2 Å². The second-order valence-corrected chi connectivity index (χ2v) is 5.81. The van der Waals surface area contributed by atoms with Crippen LogP contribution in [-0.2, 0) is 4.79 Å². The highest BCUT2D eigenvalue weighted by atomic mass is 19.1. The first-order valence-electron chi connectivity index (χ1n) is 8.21. The van der Waals surface area contributed by atoms with E-state index in [1.807, 2.05) is 6.07 Å². The summed E-state index contributed by atoms with van der Waals surface area (Å²) in [6.45, 7) is 0.102. The van der Waals surface area contributed by atoms with E-state index in [9.17, 15) is 9.18 Å². The van der Waals surface area contributed by atoms with Gasteiger partial charge in [-0.05, 0) is 36.4 Å². The lowest BCUT2D eigenvalue weighted by atomic mass is 10.1. The third-order valence-corrected chi connectivity index (χ3v) is 3.98. The summed E-state index contributed by atoms with van der Waals surface area (Å²) in [5.41, 5.74) is 4.50. The fourth-order valence-corrected chi connectivity index (χ4v) is 2.63. The molecule has 1 aliphatic rings. The minimum absolute atomic E-state index is 0.102. The lowest BCUT2D eigenvalue weighted by molar-refractivity contribution is -0.130. The minimum Gasteiger partial charge on any atom is -0.485 e. The predicted octanol–water partition coefficient (Wildman–Crippen LogP) is 2.51. The van der Waals surface area contributed by atoms with Gasteiger partial charge in [0.05, 0.1) is 18.1 Å². The fraction of sp³-hybridized carbons (Fsp3) is 0.105. The maximum absolute atomic E-state index is 13.1. The Kier molecular flexibility index (Phi) is 4.52. The van der Waals surface area contributed by atoms with E-state index in [0.29, 0.717) is 22.8 Å². The molecule has 3 aromatic rings. The summed E-state index contributed by atoms with van der Waals surface area (Å²) in [5, 5.41) is 10.8. The van der Waals surface area contributed by atoms with Crippen molar-refractivity contribution in [2.24, 2.45) is 5.10 Å². The summed E-state index contributed by atoms with van der Waals surface area (Å²) in [5.74, 6) is 0.373. The number of H-pyrrole nitrogens is 1. The van der Waals surface area contributed by atoms with Crippen LogP contribution in [0.15, 0.2) is 59.8 Å². The number of aromatic nitrogens is 2. The van der Waals surface area contributed by atoms with Crippen molar-refractivity contribution < 1.29 is 18.7 Å². The fourth-order valence-electron chi connectivity index (χ4n) is 2.63. The van der Waals surface area contributed by atoms with Gasteiger partial charge in [-0.3, -0.25) is 9.89 Å². The number of ether oxygens (including phenoxy) is 2. The third-order valence-electron chi connectivity index (χ3n) is 3.98. The Morgan fingerprint density at radius 2 is 2.00 bits per heavy atom. The van der Waals surface area contributed by atoms with Gasteiger partial charge in [-0.15, -0.1) is 0 Å². The smallest absolute Gasteiger partial charge is 0.284 e. The number of aromatic amines is 1. The Hall–Kier alpha value is -3.68. The average Bonchev–Trinajstić information content (AvgIpc) is 3.16. The highest BCUT2D eigenvalue weighted by Crippen LogP contribution is 2.30. The van der Waals surface area contributed by atoms with Crippen molar-refractivity contribution in [3.8, 4) is 22.8 Å². The normalized spacial score (nSPS) is 15.7. The SMILES string of the molecule is O=C(N/N=C/c1cn[nH]c1-c1ccc(F)cc1)C1COc2ccccc2O1. The van der Waals surface area contributed by atoms with Gasteiger partial charge in [-0.1, -0.05) is 12.1 Å². The van der Waals surface area contributed by atoms with Crippen LogP contribution in [0.25, 0.3) is 11.3 Å². The van der Waals surface area contributed by atoms with E-state index in [0.717, 1.165) is 5.56 Å². The van der Waals surface area contributed by atoms with Crippen LogP contribution in [0.3, 0.4) is 0 Å². The van der Waals surface area contributed by atoms with Crippen molar-refractivity contribution in [1.82, 2.24) is 15.6 Å². The van der Waals surface area contributed by atoms with E-state index in [1.54, 1.807) is 36.5 Å². The van der Waals surface area contributed by atoms with Gasteiger partial charge in [0.1, 0.15) is 12.4 Å². The molecule has 0 saturated heterocycles. The second-order valence-electron chi connectivity index (χ2n) is 5.81. The number of carbonyl (C=O) groups excluding carboxylic acids is 1. The molecule has 0 spiro atoms. The molecular formula is C19H15FN4O3. The van der Waals surface area contributed by atoms with Gasteiger partial charge in [0.2, 0.25) is 6.10 Å². The van der Waals surface area contributed by atoms with Crippen molar-refractivity contribution in [2.75, 3.05) is 6.61 Å². The number of hydrogen-bond donors (Lipinski definition) is 2. The quantitative estimate of drug-likeness (QED) is 0.549. The molecule has 1 amide bonds. The molecule has 136 valence electrons. The molecule has 2 N–H and O–H groups in total. The Labute approximate surface area is 153 Å². The first kappa shape index (κ1) is 16.8. The molecule has 1 aliphatic heterocycles. The number of nitrogens with one attached hydrogen (secondary N) is 2. The Bertz CT molecular complexity index is 985. The van der Waals surface area contributed by atoms with Gasteiger partial charge in [0.25, 0.3) is 5.91 Å². The Balaban J connectivity index is 1.41. The number of carbonyl (C=O) groups is 1. The van der Waals surface area contributed by atoms with Crippen LogP contribution >= 0.6 is 0 Å². The molecule has 4 rings (SSSR count). The van der Waals surface area contributed by atoms with E-state index in [1.165, 1.54) is 18.3 Å². The number of amides is 1. The number of halogens is 1. The molecule has 1 aromatic heterocycles. The number of benzene rings is 2. The van der Waals surface area contributed by atoms with Crippen LogP contribution in [-0.4, -0.2) is 35.0 Å². The molecule has 7 nitrogen and oxygen atoms in total. The monoisotopic (exact) mass is 366 g/mol. The molecule has 0 radical (unpaired) electrons. The van der Waals surface area contributed by atoms with Crippen molar-refractivity contribution in [2.45, 2.75) is 6.10 Å². The Morgan fingerprint density at radius 1 is 1.22 bits per heavy atom. The lowest BCUT2D eigenvalue weighted by Gasteiger charge is -2.24. The number of fused-ring (bicyclic) bond motifs is 1. The molecule has 27 heavy (non-hydrogen) atoms. The van der Waals surface area contributed by atoms with E-state index in [4.69, 9.17) is 9.47 Å². The van der Waals surface area contributed by atoms with Crippen molar-refractivity contribution in [3.05, 3.63) is 66.1 Å². The predicted molar refractivity (Wildman–Crippen MR) is 96.1 cm³/mol. The van der Waals surface area contributed by atoms with Crippen molar-refractivity contribution >= 4 is 12.1 Å². The largest absolute Gasteiger partial charge is 0.485 e. The Morgan fingerprint density at radius 3 is 2.81 bits per heavy atom. The van der Waals surface area contributed by atoms with Gasteiger partial charge in [-0.25, -0.2) is 9.82 Å². The standard InChI is InChI=1S/C19H15FN4O3/c20-14-7-5-12(6-8-14)18-13(9-21-23-18)10-22-24-19(25)17-11-26-15-3-1-2-4-16(15)27-17/h1-10,17H,11H2,(H,21,23)(H,24,25)/b22-10+. The molecule has 0 fully saturated rings. The van der Waals surface area contributed by atoms with Crippen LogP contribution in [0.2, 0.25) is 0 Å². The van der Waals surface area contributed by atoms with Crippen LogP contribution in [0, 0.1) is 5.82 Å². The summed E-state index contributed by atoms with van der Waals surface area (Å²) >= 11 is 0. The zero-order chi connectivity index (χ0) is 18.6. The molecule has 8 heteroatoms. The number of hydrazone groups is 1. The first-order valence-corrected chi connectivity index (χ1v) is 8.21. The number of hydrogen-bond acceptors (Lipinski definition) is 5. The summed E-state index contributed by atoms with van der Waals surface area (Å²) in [6, 6.07) is 13.1. The minimum atomic E-state index is -0.794. The number of rotatable bonds is 4. The third kappa shape index (κ3) is 3.64. The molecule has 2 aromatic carbocycles. The van der Waals surface area contributed by atoms with E-state index in [2.05, 4.69) is 20.7 Å². The van der Waals surface area contributed by atoms with E-state index in [-0.39, 0.29) is 12.4 Å². The maximum Gasteiger partial charge on any atom is 0.284 e. The van der Waals surface area contributed by atoms with Gasteiger partial charge in [0, 0.05) is 11.1 Å². The molecule has 1 unspecified atom stereocenters. The summed E-state index contributed by atoms with van der Waals surface area (Å²) in [4.78, 5) is 12.2. The highest BCUT2D eigenvalue weighted by Gasteiger charge is 2.27. The molecule has 0 bridgehead atoms. The summed E-state index contributed by atoms with van der Waals surface area (Å²) < 4.78 is 24.2. The summed E-state index contributed by atoms with van der Waals surface area (Å²) in [6.07, 6.45) is 2.22. The van der Waals surface area contributed by atoms with Crippen LogP contribution < -0.4 is 14.9 Å². The molecule has 0 saturated carbocycles. The van der Waals surface area contributed by atoms with Crippen LogP contribution in [0.4, 0.5) is 4.39 Å².